The predicted molar refractivity (Wildman–Crippen MR) is 81.7 cm³/mol. The molecule has 3 rings (SSSR count). The van der Waals surface area contributed by atoms with Gasteiger partial charge in [0, 0.05) is 17.5 Å². The maximum atomic E-state index is 12.5. The number of likely N-dealkylation sites (tertiary alicyclic amines) is 1. The third kappa shape index (κ3) is 2.84. The molecule has 3 heterocycles. The average molecular weight is 322 g/mol. The highest BCUT2D eigenvalue weighted by Gasteiger charge is 2.33. The number of thiophene rings is 1. The highest BCUT2D eigenvalue weighted by atomic mass is 32.1. The van der Waals surface area contributed by atoms with Gasteiger partial charge in [0.1, 0.15) is 15.9 Å². The minimum Gasteiger partial charge on any atom is -0.480 e. The molecule has 1 atom stereocenters. The normalized spacial score (nSPS) is 18.7. The smallest absolute Gasteiger partial charge is 0.326 e. The molecule has 0 radical (unpaired) electrons. The summed E-state index contributed by atoms with van der Waals surface area (Å²) in [5.74, 6) is -1.15. The number of carboxylic acid groups (broad SMARTS) is 1. The molecule has 21 heavy (non-hydrogen) atoms. The molecule has 0 spiro atoms. The van der Waals surface area contributed by atoms with Crippen LogP contribution >= 0.6 is 22.7 Å². The number of rotatable bonds is 3. The molecule has 0 aromatic carbocycles. The summed E-state index contributed by atoms with van der Waals surface area (Å²) in [5.41, 5.74) is 0.998. The molecule has 1 aliphatic heterocycles. The van der Waals surface area contributed by atoms with Crippen molar-refractivity contribution in [3.63, 3.8) is 0 Å². The van der Waals surface area contributed by atoms with Crippen LogP contribution in [0.1, 0.15) is 28.9 Å². The first-order chi connectivity index (χ1) is 10.2. The van der Waals surface area contributed by atoms with E-state index >= 15 is 0 Å². The zero-order chi connectivity index (χ0) is 14.8. The molecule has 1 fully saturated rings. The van der Waals surface area contributed by atoms with E-state index in [0.717, 1.165) is 23.4 Å². The molecule has 0 bridgehead atoms. The number of amides is 1. The summed E-state index contributed by atoms with van der Waals surface area (Å²) in [6, 6.07) is 1.25. The van der Waals surface area contributed by atoms with Gasteiger partial charge in [0.25, 0.3) is 5.91 Å². The van der Waals surface area contributed by atoms with Crippen LogP contribution in [0.4, 0.5) is 0 Å². The largest absolute Gasteiger partial charge is 0.480 e. The average Bonchev–Trinajstić information content (AvgIpc) is 3.17. The maximum Gasteiger partial charge on any atom is 0.326 e. The summed E-state index contributed by atoms with van der Waals surface area (Å²) in [6.07, 6.45) is 3.78. The molecule has 0 aliphatic carbocycles. The Bertz CT molecular complexity index is 651. The fraction of sp³-hybridized carbons (Fsp3) is 0.357. The number of hydrogen-bond donors (Lipinski definition) is 1. The number of carbonyl (C=O) groups is 2. The zero-order valence-corrected chi connectivity index (χ0v) is 12.8. The molecule has 1 aliphatic rings. The van der Waals surface area contributed by atoms with Crippen molar-refractivity contribution in [2.24, 2.45) is 0 Å². The van der Waals surface area contributed by atoms with Crippen molar-refractivity contribution >= 4 is 34.6 Å². The van der Waals surface area contributed by atoms with Crippen molar-refractivity contribution in [3.8, 4) is 10.6 Å². The van der Waals surface area contributed by atoms with Crippen LogP contribution in [0.3, 0.4) is 0 Å². The van der Waals surface area contributed by atoms with Crippen LogP contribution in [0, 0.1) is 0 Å². The lowest BCUT2D eigenvalue weighted by molar-refractivity contribution is -0.143. The summed E-state index contributed by atoms with van der Waals surface area (Å²) in [4.78, 5) is 30.1. The highest BCUT2D eigenvalue weighted by Crippen LogP contribution is 2.29. The van der Waals surface area contributed by atoms with Gasteiger partial charge in [0.05, 0.1) is 6.20 Å². The molecule has 1 N–H and O–H groups in total. The Kier molecular flexibility index (Phi) is 4.03. The molecule has 0 saturated carbocycles. The lowest BCUT2D eigenvalue weighted by Crippen LogP contribution is -2.47. The summed E-state index contributed by atoms with van der Waals surface area (Å²) >= 11 is 2.90. The third-order valence-electron chi connectivity index (χ3n) is 3.53. The highest BCUT2D eigenvalue weighted by molar-refractivity contribution is 7.17. The number of aliphatic carboxylic acids is 1. The van der Waals surface area contributed by atoms with Crippen LogP contribution < -0.4 is 0 Å². The Morgan fingerprint density at radius 2 is 2.24 bits per heavy atom. The van der Waals surface area contributed by atoms with E-state index in [1.165, 1.54) is 16.2 Å². The molecule has 2 aromatic heterocycles. The molecular weight excluding hydrogens is 308 g/mol. The second-order valence-electron chi connectivity index (χ2n) is 4.89. The van der Waals surface area contributed by atoms with E-state index in [1.807, 2.05) is 16.8 Å². The van der Waals surface area contributed by atoms with Crippen molar-refractivity contribution in [2.45, 2.75) is 25.3 Å². The van der Waals surface area contributed by atoms with Crippen molar-refractivity contribution in [3.05, 3.63) is 27.9 Å². The van der Waals surface area contributed by atoms with Gasteiger partial charge in [0.15, 0.2) is 0 Å². The summed E-state index contributed by atoms with van der Waals surface area (Å²) in [6.45, 7) is 0.501. The van der Waals surface area contributed by atoms with Crippen LogP contribution in [0.15, 0.2) is 23.0 Å². The van der Waals surface area contributed by atoms with Crippen LogP contribution in [-0.4, -0.2) is 39.5 Å². The maximum absolute atomic E-state index is 12.5. The Balaban J connectivity index is 1.83. The molecule has 1 amide bonds. The van der Waals surface area contributed by atoms with Crippen LogP contribution in [-0.2, 0) is 4.79 Å². The lowest BCUT2D eigenvalue weighted by Gasteiger charge is -2.32. The second kappa shape index (κ2) is 5.95. The fourth-order valence-electron chi connectivity index (χ4n) is 2.47. The number of hydrogen-bond acceptors (Lipinski definition) is 5. The van der Waals surface area contributed by atoms with E-state index in [9.17, 15) is 14.7 Å². The van der Waals surface area contributed by atoms with E-state index in [2.05, 4.69) is 4.98 Å². The second-order valence-corrected chi connectivity index (χ2v) is 6.70. The van der Waals surface area contributed by atoms with E-state index in [0.29, 0.717) is 17.8 Å². The SMILES string of the molecule is O=C(O)[C@@H]1CCCCN1C(=O)c1cnc(-c2ccsc2)s1. The van der Waals surface area contributed by atoms with Crippen molar-refractivity contribution < 1.29 is 14.7 Å². The van der Waals surface area contributed by atoms with Crippen molar-refractivity contribution in [1.82, 2.24) is 9.88 Å². The van der Waals surface area contributed by atoms with Gasteiger partial charge in [-0.2, -0.15) is 11.3 Å². The van der Waals surface area contributed by atoms with Crippen molar-refractivity contribution in [1.29, 1.82) is 0 Å². The van der Waals surface area contributed by atoms with E-state index < -0.39 is 12.0 Å². The van der Waals surface area contributed by atoms with Gasteiger partial charge in [-0.25, -0.2) is 9.78 Å². The molecule has 110 valence electrons. The Hall–Kier alpha value is -1.73. The molecule has 1 saturated heterocycles. The Morgan fingerprint density at radius 3 is 2.95 bits per heavy atom. The number of thiazole rings is 1. The fourth-order valence-corrected chi connectivity index (χ4v) is 4.05. The first-order valence-corrected chi connectivity index (χ1v) is 8.45. The number of carbonyl (C=O) groups excluding carboxylic acids is 1. The first-order valence-electron chi connectivity index (χ1n) is 6.69. The lowest BCUT2D eigenvalue weighted by atomic mass is 10.0. The van der Waals surface area contributed by atoms with Gasteiger partial charge in [-0.15, -0.1) is 11.3 Å². The van der Waals surface area contributed by atoms with Crippen LogP contribution in [0.25, 0.3) is 10.6 Å². The quantitative estimate of drug-likeness (QED) is 0.943. The van der Waals surface area contributed by atoms with Gasteiger partial charge >= 0.3 is 5.97 Å². The zero-order valence-electron chi connectivity index (χ0n) is 11.2. The van der Waals surface area contributed by atoms with Gasteiger partial charge < -0.3 is 10.0 Å². The summed E-state index contributed by atoms with van der Waals surface area (Å²) in [5, 5.41) is 14.0. The Labute approximate surface area is 129 Å². The van der Waals surface area contributed by atoms with Crippen LogP contribution in [0.5, 0.6) is 0 Å². The van der Waals surface area contributed by atoms with Crippen molar-refractivity contribution in [2.75, 3.05) is 6.54 Å². The molecule has 0 unspecified atom stereocenters. The van der Waals surface area contributed by atoms with E-state index in [-0.39, 0.29) is 5.91 Å². The molecular formula is C14H14N2O3S2. The van der Waals surface area contributed by atoms with Crippen LogP contribution in [0.2, 0.25) is 0 Å². The molecule has 7 heteroatoms. The Morgan fingerprint density at radius 1 is 1.38 bits per heavy atom. The van der Waals surface area contributed by atoms with Gasteiger partial charge in [-0.05, 0) is 30.7 Å². The monoisotopic (exact) mass is 322 g/mol. The predicted octanol–water partition coefficient (Wildman–Crippen LogP) is 2.95. The minimum atomic E-state index is -0.925. The number of piperidine rings is 1. The number of carboxylic acids is 1. The topological polar surface area (TPSA) is 70.5 Å². The first kappa shape index (κ1) is 14.2. The number of aromatic nitrogens is 1. The molecule has 5 nitrogen and oxygen atoms in total. The summed E-state index contributed by atoms with van der Waals surface area (Å²) in [7, 11) is 0. The van der Waals surface area contributed by atoms with Gasteiger partial charge in [0.2, 0.25) is 0 Å². The standard InChI is InChI=1S/C14H14N2O3S2/c17-13(16-5-2-1-3-10(16)14(18)19)11-7-15-12(21-11)9-4-6-20-8-9/h4,6-8,10H,1-3,5H2,(H,18,19)/t10-/m0/s1. The minimum absolute atomic E-state index is 0.221. The number of nitrogens with zero attached hydrogens (tertiary/aromatic N) is 2. The van der Waals surface area contributed by atoms with Gasteiger partial charge in [-0.3, -0.25) is 4.79 Å². The van der Waals surface area contributed by atoms with Gasteiger partial charge in [-0.1, -0.05) is 0 Å². The third-order valence-corrected chi connectivity index (χ3v) is 5.25. The van der Waals surface area contributed by atoms with E-state index in [4.69, 9.17) is 0 Å². The van der Waals surface area contributed by atoms with E-state index in [1.54, 1.807) is 17.5 Å². The summed E-state index contributed by atoms with van der Waals surface area (Å²) < 4.78 is 0. The molecule has 2 aromatic rings.